The number of rotatable bonds is 10. The van der Waals surface area contributed by atoms with Crippen LogP contribution in [0.25, 0.3) is 12.2 Å². The van der Waals surface area contributed by atoms with Gasteiger partial charge in [0.25, 0.3) is 0 Å². The smallest absolute Gasteiger partial charge is 0.187 e. The molecule has 1 heterocycles. The van der Waals surface area contributed by atoms with Gasteiger partial charge in [-0.05, 0) is 67.4 Å². The lowest BCUT2D eigenvalue weighted by Gasteiger charge is -2.26. The number of Topliss-reactive ketones (excluding diaryl/α,β-unsaturated/α-hetero) is 1. The van der Waals surface area contributed by atoms with E-state index in [1.54, 1.807) is 14.2 Å². The third-order valence-electron chi connectivity index (χ3n) is 5.44. The van der Waals surface area contributed by atoms with Gasteiger partial charge in [-0.2, -0.15) is 0 Å². The van der Waals surface area contributed by atoms with Gasteiger partial charge in [0.1, 0.15) is 0 Å². The highest BCUT2D eigenvalue weighted by Crippen LogP contribution is 2.31. The Hall–Kier alpha value is -3.25. The molecule has 1 fully saturated rings. The summed E-state index contributed by atoms with van der Waals surface area (Å²) in [6.07, 6.45) is 5.71. The molecule has 0 spiro atoms. The van der Waals surface area contributed by atoms with Gasteiger partial charge >= 0.3 is 0 Å². The van der Waals surface area contributed by atoms with Crippen molar-refractivity contribution >= 4 is 17.9 Å². The zero-order valence-corrected chi connectivity index (χ0v) is 20.8. The molecule has 0 atom stereocenters. The number of likely N-dealkylation sites (N-methyl/N-ethyl adjacent to an activating group) is 1. The van der Waals surface area contributed by atoms with Crippen LogP contribution in [0.2, 0.25) is 0 Å². The summed E-state index contributed by atoms with van der Waals surface area (Å²) in [6.45, 7) is 6.55. The number of nitrogens with zero attached hydrogens (tertiary/aromatic N) is 1. The highest BCUT2D eigenvalue weighted by atomic mass is 16.5. The number of hydrogen-bond donors (Lipinski definition) is 0. The lowest BCUT2D eigenvalue weighted by molar-refractivity contribution is -0.113. The number of benzene rings is 2. The van der Waals surface area contributed by atoms with Gasteiger partial charge in [-0.3, -0.25) is 9.69 Å². The minimum absolute atomic E-state index is 0.0497. The molecule has 0 bridgehead atoms. The van der Waals surface area contributed by atoms with Crippen LogP contribution in [0.15, 0.2) is 47.5 Å². The summed E-state index contributed by atoms with van der Waals surface area (Å²) in [6, 6.07) is 11.5. The maximum absolute atomic E-state index is 13.3. The maximum Gasteiger partial charge on any atom is 0.187 e. The lowest BCUT2D eigenvalue weighted by Crippen LogP contribution is -2.34. The summed E-state index contributed by atoms with van der Waals surface area (Å²) < 4.78 is 22.5. The molecular formula is C28H35NO5. The first-order valence-electron chi connectivity index (χ1n) is 11.7. The van der Waals surface area contributed by atoms with Crippen LogP contribution in [0, 0.1) is 0 Å². The van der Waals surface area contributed by atoms with Crippen LogP contribution in [-0.2, 0) is 4.79 Å². The first kappa shape index (κ1) is 25.4. The first-order chi connectivity index (χ1) is 16.5. The van der Waals surface area contributed by atoms with E-state index in [0.717, 1.165) is 35.1 Å². The summed E-state index contributed by atoms with van der Waals surface area (Å²) in [7, 11) is 5.26. The largest absolute Gasteiger partial charge is 0.493 e. The minimum atomic E-state index is 0.0497. The van der Waals surface area contributed by atoms with Crippen LogP contribution in [0.5, 0.6) is 23.0 Å². The molecule has 0 radical (unpaired) electrons. The average molecular weight is 466 g/mol. The summed E-state index contributed by atoms with van der Waals surface area (Å²) in [4.78, 5) is 15.5. The highest BCUT2D eigenvalue weighted by molar-refractivity contribution is 6.14. The van der Waals surface area contributed by atoms with Crippen molar-refractivity contribution in [2.75, 3.05) is 47.6 Å². The average Bonchev–Trinajstić information content (AvgIpc) is 2.84. The maximum atomic E-state index is 13.3. The number of ketones is 1. The van der Waals surface area contributed by atoms with Crippen LogP contribution in [0.3, 0.4) is 0 Å². The predicted octanol–water partition coefficient (Wildman–Crippen LogP) is 5.26. The van der Waals surface area contributed by atoms with Crippen LogP contribution < -0.4 is 18.9 Å². The van der Waals surface area contributed by atoms with Crippen molar-refractivity contribution in [3.05, 3.63) is 58.7 Å². The van der Waals surface area contributed by atoms with E-state index in [0.29, 0.717) is 49.3 Å². The van der Waals surface area contributed by atoms with E-state index in [4.69, 9.17) is 18.9 Å². The minimum Gasteiger partial charge on any atom is -0.493 e. The molecule has 3 rings (SSSR count). The SMILES string of the molecule is CCCOc1ccc(/C=C2\CN(C)C/C(=C\c3ccc(OCCC)c(OC)c3)C2=O)cc1OC. The van der Waals surface area contributed by atoms with Crippen molar-refractivity contribution in [3.8, 4) is 23.0 Å². The fourth-order valence-electron chi connectivity index (χ4n) is 3.82. The van der Waals surface area contributed by atoms with Gasteiger partial charge in [-0.15, -0.1) is 0 Å². The number of methoxy groups -OCH3 is 2. The first-order valence-corrected chi connectivity index (χ1v) is 11.7. The van der Waals surface area contributed by atoms with E-state index in [-0.39, 0.29) is 5.78 Å². The Morgan fingerprint density at radius 1 is 0.765 bits per heavy atom. The Morgan fingerprint density at radius 2 is 1.21 bits per heavy atom. The van der Waals surface area contributed by atoms with E-state index in [1.807, 2.05) is 55.6 Å². The second kappa shape index (κ2) is 12.3. The molecule has 2 aromatic carbocycles. The van der Waals surface area contributed by atoms with Crippen molar-refractivity contribution in [2.45, 2.75) is 26.7 Å². The molecule has 1 aliphatic heterocycles. The predicted molar refractivity (Wildman–Crippen MR) is 136 cm³/mol. The topological polar surface area (TPSA) is 57.2 Å². The number of carbonyl (C=O) groups excluding carboxylic acids is 1. The molecule has 1 saturated heterocycles. The second-order valence-corrected chi connectivity index (χ2v) is 8.36. The number of piperidine rings is 1. The molecule has 2 aromatic rings. The molecular weight excluding hydrogens is 430 g/mol. The normalized spacial score (nSPS) is 16.7. The van der Waals surface area contributed by atoms with Crippen LogP contribution >= 0.6 is 0 Å². The monoisotopic (exact) mass is 465 g/mol. The molecule has 0 unspecified atom stereocenters. The van der Waals surface area contributed by atoms with E-state index >= 15 is 0 Å². The Morgan fingerprint density at radius 3 is 1.59 bits per heavy atom. The van der Waals surface area contributed by atoms with Crippen LogP contribution in [-0.4, -0.2) is 58.3 Å². The molecule has 0 saturated carbocycles. The molecule has 6 nitrogen and oxygen atoms in total. The lowest BCUT2D eigenvalue weighted by atomic mass is 9.94. The number of carbonyl (C=O) groups is 1. The Bertz CT molecular complexity index is 975. The van der Waals surface area contributed by atoms with Crippen molar-refractivity contribution in [1.82, 2.24) is 4.90 Å². The van der Waals surface area contributed by atoms with Gasteiger partial charge in [0, 0.05) is 24.2 Å². The Kier molecular flexibility index (Phi) is 9.16. The van der Waals surface area contributed by atoms with Gasteiger partial charge in [-0.1, -0.05) is 26.0 Å². The fourth-order valence-corrected chi connectivity index (χ4v) is 3.82. The van der Waals surface area contributed by atoms with Gasteiger partial charge in [-0.25, -0.2) is 0 Å². The molecule has 6 heteroatoms. The zero-order chi connectivity index (χ0) is 24.5. The number of likely N-dealkylation sites (tertiary alicyclic amines) is 1. The van der Waals surface area contributed by atoms with Crippen molar-refractivity contribution in [1.29, 1.82) is 0 Å². The summed E-state index contributed by atoms with van der Waals surface area (Å²) >= 11 is 0. The third kappa shape index (κ3) is 6.41. The number of ether oxygens (including phenoxy) is 4. The van der Waals surface area contributed by atoms with Gasteiger partial charge in [0.15, 0.2) is 28.8 Å². The molecule has 1 aliphatic rings. The fraction of sp³-hybridized carbons (Fsp3) is 0.393. The van der Waals surface area contributed by atoms with Crippen LogP contribution in [0.4, 0.5) is 0 Å². The summed E-state index contributed by atoms with van der Waals surface area (Å²) in [5.41, 5.74) is 3.27. The van der Waals surface area contributed by atoms with Crippen molar-refractivity contribution < 1.29 is 23.7 Å². The molecule has 182 valence electrons. The Balaban J connectivity index is 1.87. The molecule has 0 N–H and O–H groups in total. The van der Waals surface area contributed by atoms with Gasteiger partial charge in [0.2, 0.25) is 0 Å². The molecule has 0 aliphatic carbocycles. The highest BCUT2D eigenvalue weighted by Gasteiger charge is 2.24. The number of hydrogen-bond acceptors (Lipinski definition) is 6. The zero-order valence-electron chi connectivity index (χ0n) is 20.8. The van der Waals surface area contributed by atoms with E-state index in [9.17, 15) is 4.79 Å². The quantitative estimate of drug-likeness (QED) is 0.446. The molecule has 0 amide bonds. The van der Waals surface area contributed by atoms with E-state index < -0.39 is 0 Å². The van der Waals surface area contributed by atoms with Crippen molar-refractivity contribution in [3.63, 3.8) is 0 Å². The van der Waals surface area contributed by atoms with Crippen molar-refractivity contribution in [2.24, 2.45) is 0 Å². The summed E-state index contributed by atoms with van der Waals surface area (Å²) in [5.74, 6) is 2.79. The van der Waals surface area contributed by atoms with Gasteiger partial charge in [0.05, 0.1) is 27.4 Å². The Labute approximate surface area is 202 Å². The third-order valence-corrected chi connectivity index (χ3v) is 5.44. The second-order valence-electron chi connectivity index (χ2n) is 8.36. The standard InChI is InChI=1S/C28H35NO5/c1-6-12-33-24-10-8-20(16-26(24)31-4)14-22-18-29(3)19-23(28(22)30)15-21-9-11-25(34-13-7-2)27(17-21)32-5/h8-11,14-17H,6-7,12-13,18-19H2,1-5H3/b22-14+,23-15+. The van der Waals surface area contributed by atoms with E-state index in [1.165, 1.54) is 0 Å². The van der Waals surface area contributed by atoms with Crippen LogP contribution in [0.1, 0.15) is 37.8 Å². The van der Waals surface area contributed by atoms with Gasteiger partial charge < -0.3 is 18.9 Å². The summed E-state index contributed by atoms with van der Waals surface area (Å²) in [5, 5.41) is 0. The van der Waals surface area contributed by atoms with E-state index in [2.05, 4.69) is 18.7 Å². The molecule has 34 heavy (non-hydrogen) atoms. The molecule has 0 aromatic heterocycles.